The number of benzene rings is 10. The van der Waals surface area contributed by atoms with E-state index in [4.69, 9.17) is 0 Å². The van der Waals surface area contributed by atoms with Gasteiger partial charge in [-0.05, 0) is 131 Å². The van der Waals surface area contributed by atoms with Gasteiger partial charge >= 0.3 is 0 Å². The molecule has 3 aliphatic rings. The van der Waals surface area contributed by atoms with Crippen LogP contribution in [0.1, 0.15) is 47.2 Å². The minimum Gasteiger partial charge on any atom is -0.308 e. The first kappa shape index (κ1) is 36.5. The highest BCUT2D eigenvalue weighted by molar-refractivity contribution is 7.26. The molecule has 15 rings (SSSR count). The van der Waals surface area contributed by atoms with E-state index in [0.29, 0.717) is 0 Å². The monoisotopic (exact) mass is 855 g/mol. The lowest BCUT2D eigenvalue weighted by molar-refractivity contribution is 0.660. The number of nitrogens with zero attached hydrogens (tertiary/aromatic N) is 1. The number of hydrogen-bond acceptors (Lipinski definition) is 1. The van der Waals surface area contributed by atoms with Gasteiger partial charge in [0, 0.05) is 31.7 Å². The Kier molecular flexibility index (Phi) is 7.17. The molecule has 0 fully saturated rings. The van der Waals surface area contributed by atoms with Crippen molar-refractivity contribution in [1.82, 2.24) is 4.57 Å². The van der Waals surface area contributed by atoms with Crippen molar-refractivity contribution in [3.05, 3.63) is 246 Å². The molecule has 2 heteroatoms. The largest absolute Gasteiger partial charge is 0.308 e. The Morgan fingerprint density at radius 1 is 0.348 bits per heavy atom. The molecule has 0 atom stereocenters. The molecule has 0 N–H and O–H groups in total. The molecule has 3 aliphatic carbocycles. The summed E-state index contributed by atoms with van der Waals surface area (Å²) in [6, 6.07) is 80.5. The van der Waals surface area contributed by atoms with Crippen molar-refractivity contribution in [2.45, 2.75) is 24.7 Å². The minimum atomic E-state index is -0.364. The van der Waals surface area contributed by atoms with Gasteiger partial charge in [-0.3, -0.25) is 0 Å². The summed E-state index contributed by atoms with van der Waals surface area (Å²) < 4.78 is 5.11. The summed E-state index contributed by atoms with van der Waals surface area (Å²) >= 11 is 1.91. The maximum Gasteiger partial charge on any atom is 0.0725 e. The highest BCUT2D eigenvalue weighted by Crippen LogP contribution is 2.64. The van der Waals surface area contributed by atoms with Gasteiger partial charge in [0.15, 0.2) is 0 Å². The number of fused-ring (bicyclic) bond motifs is 19. The third-order valence-electron chi connectivity index (χ3n) is 15.6. The third kappa shape index (κ3) is 4.54. The van der Waals surface area contributed by atoms with Crippen LogP contribution in [0.4, 0.5) is 0 Å². The van der Waals surface area contributed by atoms with Crippen molar-refractivity contribution in [3.63, 3.8) is 0 Å². The van der Waals surface area contributed by atoms with Crippen molar-refractivity contribution >= 4 is 53.3 Å². The molecule has 66 heavy (non-hydrogen) atoms. The van der Waals surface area contributed by atoms with E-state index in [-0.39, 0.29) is 10.8 Å². The summed E-state index contributed by atoms with van der Waals surface area (Å²) in [5, 5.41) is 5.14. The second kappa shape index (κ2) is 12.9. The molecule has 0 unspecified atom stereocenters. The first-order valence-corrected chi connectivity index (χ1v) is 24.0. The zero-order valence-corrected chi connectivity index (χ0v) is 37.4. The van der Waals surface area contributed by atoms with E-state index in [9.17, 15) is 0 Å². The summed E-state index contributed by atoms with van der Waals surface area (Å²) in [6.45, 7) is 4.73. The zero-order chi connectivity index (χ0) is 43.5. The van der Waals surface area contributed by atoms with Gasteiger partial charge in [-0.2, -0.15) is 0 Å². The fourth-order valence-corrected chi connectivity index (χ4v) is 14.0. The van der Waals surface area contributed by atoms with Crippen molar-refractivity contribution in [2.24, 2.45) is 0 Å². The van der Waals surface area contributed by atoms with Crippen LogP contribution in [0.25, 0.3) is 103 Å². The molecule has 2 heterocycles. The number of thiophene rings is 1. The number of para-hydroxylation sites is 1. The molecule has 308 valence electrons. The van der Waals surface area contributed by atoms with E-state index in [1.165, 1.54) is 137 Å². The molecule has 1 nitrogen and oxygen atoms in total. The van der Waals surface area contributed by atoms with Crippen LogP contribution >= 0.6 is 11.3 Å². The van der Waals surface area contributed by atoms with Gasteiger partial charge in [0.1, 0.15) is 0 Å². The molecule has 0 aliphatic heterocycles. The van der Waals surface area contributed by atoms with Gasteiger partial charge < -0.3 is 4.57 Å². The summed E-state index contributed by atoms with van der Waals surface area (Å²) in [4.78, 5) is 0. The van der Waals surface area contributed by atoms with Crippen molar-refractivity contribution in [1.29, 1.82) is 0 Å². The van der Waals surface area contributed by atoms with Crippen LogP contribution in [0.3, 0.4) is 0 Å². The Hall–Kier alpha value is -7.78. The molecule has 0 saturated carbocycles. The second-order valence-electron chi connectivity index (χ2n) is 19.1. The molecule has 10 aromatic carbocycles. The van der Waals surface area contributed by atoms with Gasteiger partial charge in [-0.25, -0.2) is 0 Å². The van der Waals surface area contributed by atoms with Crippen LogP contribution in [-0.2, 0) is 10.8 Å². The molecule has 12 aromatic rings. The molecule has 0 amide bonds. The first-order chi connectivity index (χ1) is 32.5. The zero-order valence-electron chi connectivity index (χ0n) is 36.6. The van der Waals surface area contributed by atoms with E-state index < -0.39 is 0 Å². The summed E-state index contributed by atoms with van der Waals surface area (Å²) in [5.41, 5.74) is 24.7. The van der Waals surface area contributed by atoms with E-state index in [1.807, 2.05) is 11.3 Å². The smallest absolute Gasteiger partial charge is 0.0725 e. The van der Waals surface area contributed by atoms with Crippen LogP contribution < -0.4 is 0 Å². The van der Waals surface area contributed by atoms with Gasteiger partial charge in [0.25, 0.3) is 0 Å². The Labute approximate surface area is 387 Å². The average molecular weight is 856 g/mol. The maximum atomic E-state index is 2.51. The van der Waals surface area contributed by atoms with Crippen LogP contribution in [0.15, 0.2) is 212 Å². The van der Waals surface area contributed by atoms with E-state index >= 15 is 0 Å². The average Bonchev–Trinajstić information content (AvgIpc) is 4.14. The van der Waals surface area contributed by atoms with Crippen LogP contribution in [0.2, 0.25) is 0 Å². The fraction of sp³-hybridized carbons (Fsp3) is 0.0625. The van der Waals surface area contributed by atoms with Gasteiger partial charge in [-0.1, -0.05) is 184 Å². The third-order valence-corrected chi connectivity index (χ3v) is 16.8. The topological polar surface area (TPSA) is 4.93 Å². The molecule has 0 bridgehead atoms. The Morgan fingerprint density at radius 2 is 0.879 bits per heavy atom. The lowest BCUT2D eigenvalue weighted by Gasteiger charge is -2.30. The summed E-state index contributed by atoms with van der Waals surface area (Å²) in [6.07, 6.45) is 0. The predicted molar refractivity (Wildman–Crippen MR) is 278 cm³/mol. The highest BCUT2D eigenvalue weighted by atomic mass is 32.1. The predicted octanol–water partition coefficient (Wildman–Crippen LogP) is 17.1. The first-order valence-electron chi connectivity index (χ1n) is 23.2. The van der Waals surface area contributed by atoms with Crippen molar-refractivity contribution < 1.29 is 0 Å². The number of hydrogen-bond donors (Lipinski definition) is 0. The SMILES string of the molecule is CC1(C)c2ccccc2-c2ccc(-c3ccc4c(c3)c3ccccc3n4-c3cccc4c3sc3ccc(-c5cccc6c5-c5ccccc5C65c6ccccc6-c6ccccc65)cc34)cc21. The number of rotatable bonds is 3. The molecular weight excluding hydrogens is 815 g/mol. The lowest BCUT2D eigenvalue weighted by Crippen LogP contribution is -2.25. The van der Waals surface area contributed by atoms with E-state index in [0.717, 1.165) is 0 Å². The Morgan fingerprint density at radius 3 is 1.67 bits per heavy atom. The van der Waals surface area contributed by atoms with Gasteiger partial charge in [0.05, 0.1) is 26.8 Å². The highest BCUT2D eigenvalue weighted by Gasteiger charge is 2.52. The molecular formula is C64H41NS. The second-order valence-corrected chi connectivity index (χ2v) is 20.1. The van der Waals surface area contributed by atoms with E-state index in [2.05, 4.69) is 231 Å². The molecule has 0 saturated heterocycles. The quantitative estimate of drug-likeness (QED) is 0.167. The lowest BCUT2D eigenvalue weighted by atomic mass is 9.70. The van der Waals surface area contributed by atoms with Crippen LogP contribution in [0.5, 0.6) is 0 Å². The summed E-state index contributed by atoms with van der Waals surface area (Å²) in [5.74, 6) is 0. The standard InChI is InChI=1S/C64H41NS/c1-63(2)51-22-8-3-15-42(51)45-32-29-39(37-56(45)63)38-30-33-58-49(35-38)46-18-7-12-27-57(46)65(58)59-28-14-21-47-50-36-40(31-34-60(50)66-62(47)59)41-20-13-26-55-61(41)48-19-6-11-25-54(48)64(55)52-23-9-4-16-43(52)44-17-5-10-24-53(44)64/h3-37H,1-2H3. The summed E-state index contributed by atoms with van der Waals surface area (Å²) in [7, 11) is 0. The van der Waals surface area contributed by atoms with Crippen molar-refractivity contribution in [2.75, 3.05) is 0 Å². The number of aromatic nitrogens is 1. The molecule has 1 spiro atoms. The maximum absolute atomic E-state index is 2.51. The van der Waals surface area contributed by atoms with E-state index in [1.54, 1.807) is 0 Å². The van der Waals surface area contributed by atoms with Crippen molar-refractivity contribution in [3.8, 4) is 61.3 Å². The normalized spacial score (nSPS) is 14.5. The molecule has 2 aromatic heterocycles. The molecule has 0 radical (unpaired) electrons. The minimum absolute atomic E-state index is 0.0452. The van der Waals surface area contributed by atoms with Crippen LogP contribution in [-0.4, -0.2) is 4.57 Å². The van der Waals surface area contributed by atoms with Gasteiger partial charge in [-0.15, -0.1) is 11.3 Å². The Bertz CT molecular complexity index is 4050. The fourth-order valence-electron chi connectivity index (χ4n) is 12.8. The van der Waals surface area contributed by atoms with Gasteiger partial charge in [0.2, 0.25) is 0 Å². The Balaban J connectivity index is 0.887. The van der Waals surface area contributed by atoms with Crippen LogP contribution in [0, 0.1) is 0 Å².